The summed E-state index contributed by atoms with van der Waals surface area (Å²) in [5, 5.41) is 0. The molecule has 0 aliphatic rings. The van der Waals surface area contributed by atoms with Crippen molar-refractivity contribution in [3.63, 3.8) is 0 Å². The quantitative estimate of drug-likeness (QED) is 0.342. The molecule has 120 valence electrons. The Kier molecular flexibility index (Phi) is 8.57. The van der Waals surface area contributed by atoms with E-state index < -0.39 is 0 Å². The van der Waals surface area contributed by atoms with Gasteiger partial charge in [0.2, 0.25) is 0 Å². The van der Waals surface area contributed by atoms with Gasteiger partial charge in [0.25, 0.3) is 0 Å². The first kappa shape index (κ1) is 18.7. The van der Waals surface area contributed by atoms with Gasteiger partial charge >= 0.3 is 0 Å². The van der Waals surface area contributed by atoms with Crippen LogP contribution in [-0.2, 0) is 6.42 Å². The van der Waals surface area contributed by atoms with E-state index in [1.54, 1.807) is 0 Å². The minimum atomic E-state index is 0.392. The molecule has 0 aromatic heterocycles. The number of aryl methyl sites for hydroxylation is 1. The van der Waals surface area contributed by atoms with Crippen molar-refractivity contribution in [3.8, 4) is 0 Å². The van der Waals surface area contributed by atoms with E-state index in [4.69, 9.17) is 0 Å². The first-order valence-electron chi connectivity index (χ1n) is 8.77. The Bertz CT molecular complexity index is 372. The van der Waals surface area contributed by atoms with E-state index in [9.17, 15) is 0 Å². The van der Waals surface area contributed by atoms with E-state index in [0.29, 0.717) is 11.1 Å². The predicted octanol–water partition coefficient (Wildman–Crippen LogP) is 6.94. The third-order valence-corrected chi connectivity index (χ3v) is 4.68. The minimum Gasteiger partial charge on any atom is -0.130 e. The highest BCUT2D eigenvalue weighted by molar-refractivity contribution is 7.17. The Morgan fingerprint density at radius 3 is 2.05 bits per heavy atom. The highest BCUT2D eigenvalue weighted by atomic mass is 31.0. The van der Waals surface area contributed by atoms with Crippen LogP contribution in [0, 0.1) is 5.41 Å². The molecule has 0 N–H and O–H groups in total. The summed E-state index contributed by atoms with van der Waals surface area (Å²) in [6.07, 6.45) is 10.8. The molecule has 1 aromatic carbocycles. The Balaban J connectivity index is 2.33. The third-order valence-electron chi connectivity index (χ3n) is 4.06. The number of unbranched alkanes of at least 4 members (excludes halogenated alkanes) is 5. The molecule has 0 aliphatic carbocycles. The van der Waals surface area contributed by atoms with Crippen LogP contribution >= 0.6 is 9.24 Å². The molecule has 2 atom stereocenters. The minimum absolute atomic E-state index is 0.392. The smallest absolute Gasteiger partial charge is 0.000961 e. The fourth-order valence-electron chi connectivity index (χ4n) is 2.82. The Morgan fingerprint density at radius 1 is 0.905 bits per heavy atom. The van der Waals surface area contributed by atoms with Crippen molar-refractivity contribution in [3.05, 3.63) is 35.4 Å². The zero-order valence-corrected chi connectivity index (χ0v) is 15.8. The molecule has 1 rings (SSSR count). The van der Waals surface area contributed by atoms with Crippen molar-refractivity contribution in [1.82, 2.24) is 0 Å². The van der Waals surface area contributed by atoms with Gasteiger partial charge < -0.3 is 0 Å². The topological polar surface area (TPSA) is 0 Å². The molecule has 0 amide bonds. The molecule has 1 aromatic rings. The number of hydrogen-bond acceptors (Lipinski definition) is 0. The highest BCUT2D eigenvalue weighted by Crippen LogP contribution is 2.35. The molecule has 0 spiro atoms. The molecule has 0 radical (unpaired) electrons. The van der Waals surface area contributed by atoms with E-state index in [2.05, 4.69) is 61.2 Å². The Labute approximate surface area is 135 Å². The van der Waals surface area contributed by atoms with Crippen molar-refractivity contribution >= 4 is 9.24 Å². The standard InChI is InChI=1S/C20H35P/c1-5-6-7-8-9-10-11-17-12-14-18(15-13-17)19(21)16-20(2,3)4/h12-15,19H,5-11,16,21H2,1-4H3. The van der Waals surface area contributed by atoms with Crippen LogP contribution in [0.1, 0.15) is 89.4 Å². The molecule has 0 bridgehead atoms. The summed E-state index contributed by atoms with van der Waals surface area (Å²) in [5.41, 5.74) is 3.93. The highest BCUT2D eigenvalue weighted by Gasteiger charge is 2.16. The lowest BCUT2D eigenvalue weighted by Crippen LogP contribution is -2.08. The monoisotopic (exact) mass is 306 g/mol. The van der Waals surface area contributed by atoms with Gasteiger partial charge in [-0.1, -0.05) is 84.1 Å². The average Bonchev–Trinajstić information content (AvgIpc) is 2.41. The number of rotatable bonds is 9. The van der Waals surface area contributed by atoms with Gasteiger partial charge in [0.05, 0.1) is 0 Å². The third kappa shape index (κ3) is 8.62. The second kappa shape index (κ2) is 9.62. The van der Waals surface area contributed by atoms with E-state index in [-0.39, 0.29) is 0 Å². The number of benzene rings is 1. The number of hydrogen-bond donors (Lipinski definition) is 0. The fourth-order valence-corrected chi connectivity index (χ4v) is 3.75. The van der Waals surface area contributed by atoms with Crippen LogP contribution in [0.3, 0.4) is 0 Å². The molecule has 0 saturated carbocycles. The molecule has 21 heavy (non-hydrogen) atoms. The normalized spacial score (nSPS) is 13.4. The molecule has 1 heteroatoms. The lowest BCUT2D eigenvalue weighted by atomic mass is 9.88. The predicted molar refractivity (Wildman–Crippen MR) is 100 cm³/mol. The summed E-state index contributed by atoms with van der Waals surface area (Å²) in [5.74, 6) is 0. The first-order valence-corrected chi connectivity index (χ1v) is 9.43. The Morgan fingerprint density at radius 2 is 1.48 bits per heavy atom. The molecule has 0 heterocycles. The summed E-state index contributed by atoms with van der Waals surface area (Å²) in [4.78, 5) is 0. The van der Waals surface area contributed by atoms with Crippen LogP contribution in [0.5, 0.6) is 0 Å². The van der Waals surface area contributed by atoms with E-state index >= 15 is 0 Å². The van der Waals surface area contributed by atoms with Crippen LogP contribution in [-0.4, -0.2) is 0 Å². The summed E-state index contributed by atoms with van der Waals surface area (Å²) in [7, 11) is 3.01. The van der Waals surface area contributed by atoms with Crippen LogP contribution < -0.4 is 0 Å². The van der Waals surface area contributed by atoms with Gasteiger partial charge in [-0.3, -0.25) is 0 Å². The zero-order valence-electron chi connectivity index (χ0n) is 14.6. The van der Waals surface area contributed by atoms with E-state index in [1.165, 1.54) is 62.5 Å². The van der Waals surface area contributed by atoms with Gasteiger partial charge in [-0.05, 0) is 41.5 Å². The summed E-state index contributed by atoms with van der Waals surface area (Å²) in [6.45, 7) is 9.23. The van der Waals surface area contributed by atoms with Gasteiger partial charge in [-0.2, -0.15) is 0 Å². The first-order chi connectivity index (χ1) is 9.92. The molecule has 0 fully saturated rings. The molecule has 0 saturated heterocycles. The second-order valence-electron chi connectivity index (χ2n) is 7.63. The van der Waals surface area contributed by atoms with Crippen molar-refractivity contribution in [2.45, 2.75) is 84.7 Å². The van der Waals surface area contributed by atoms with Gasteiger partial charge in [0, 0.05) is 0 Å². The molecule has 2 unspecified atom stereocenters. The second-order valence-corrected chi connectivity index (χ2v) is 8.44. The Hall–Kier alpha value is -0.350. The van der Waals surface area contributed by atoms with Crippen LogP contribution in [0.2, 0.25) is 0 Å². The lowest BCUT2D eigenvalue weighted by Gasteiger charge is -2.23. The van der Waals surface area contributed by atoms with Crippen LogP contribution in [0.25, 0.3) is 0 Å². The maximum Gasteiger partial charge on any atom is -0.000961 e. The van der Waals surface area contributed by atoms with Crippen molar-refractivity contribution < 1.29 is 0 Å². The largest absolute Gasteiger partial charge is 0.130 e. The van der Waals surface area contributed by atoms with Crippen LogP contribution in [0.15, 0.2) is 24.3 Å². The van der Waals surface area contributed by atoms with Gasteiger partial charge in [-0.15, -0.1) is 9.24 Å². The van der Waals surface area contributed by atoms with Crippen molar-refractivity contribution in [2.24, 2.45) is 5.41 Å². The summed E-state index contributed by atoms with van der Waals surface area (Å²) < 4.78 is 0. The maximum absolute atomic E-state index is 3.01. The summed E-state index contributed by atoms with van der Waals surface area (Å²) >= 11 is 0. The average molecular weight is 306 g/mol. The van der Waals surface area contributed by atoms with Crippen molar-refractivity contribution in [1.29, 1.82) is 0 Å². The fraction of sp³-hybridized carbons (Fsp3) is 0.700. The van der Waals surface area contributed by atoms with Crippen molar-refractivity contribution in [2.75, 3.05) is 0 Å². The molecular weight excluding hydrogens is 271 g/mol. The van der Waals surface area contributed by atoms with Crippen LogP contribution in [0.4, 0.5) is 0 Å². The van der Waals surface area contributed by atoms with Gasteiger partial charge in [-0.25, -0.2) is 0 Å². The van der Waals surface area contributed by atoms with E-state index in [0.717, 1.165) is 0 Å². The van der Waals surface area contributed by atoms with Gasteiger partial charge in [0.1, 0.15) is 0 Å². The molecule has 0 nitrogen and oxygen atoms in total. The zero-order chi connectivity index (χ0) is 15.7. The molecular formula is C20H35P. The maximum atomic E-state index is 3.01. The summed E-state index contributed by atoms with van der Waals surface area (Å²) in [6, 6.07) is 9.33. The van der Waals surface area contributed by atoms with Gasteiger partial charge in [0.15, 0.2) is 0 Å². The lowest BCUT2D eigenvalue weighted by molar-refractivity contribution is 0.374. The molecule has 0 aliphatic heterocycles. The SMILES string of the molecule is CCCCCCCCc1ccc(C(P)CC(C)(C)C)cc1. The van der Waals surface area contributed by atoms with E-state index in [1.807, 2.05) is 0 Å².